The van der Waals surface area contributed by atoms with Gasteiger partial charge in [-0.05, 0) is 34.7 Å². The van der Waals surface area contributed by atoms with Crippen LogP contribution in [0.25, 0.3) is 0 Å². The summed E-state index contributed by atoms with van der Waals surface area (Å²) in [5.74, 6) is -0.271. The Kier molecular flexibility index (Phi) is 3.41. The summed E-state index contributed by atoms with van der Waals surface area (Å²) in [6.07, 6.45) is -0.570. The van der Waals surface area contributed by atoms with Crippen molar-refractivity contribution in [2.45, 2.75) is 6.29 Å². The summed E-state index contributed by atoms with van der Waals surface area (Å²) in [6.45, 7) is 1.03. The first kappa shape index (κ1) is 10.8. The van der Waals surface area contributed by atoms with E-state index in [4.69, 9.17) is 9.47 Å². The normalized spacial score (nSPS) is 17.6. The van der Waals surface area contributed by atoms with Crippen LogP contribution in [0.3, 0.4) is 0 Å². The van der Waals surface area contributed by atoms with E-state index >= 15 is 0 Å². The number of rotatable bonds is 1. The molecule has 2 nitrogen and oxygen atoms in total. The van der Waals surface area contributed by atoms with Gasteiger partial charge in [-0.2, -0.15) is 0 Å². The van der Waals surface area contributed by atoms with Crippen molar-refractivity contribution >= 4 is 38.5 Å². The lowest BCUT2D eigenvalue weighted by Crippen LogP contribution is -2.04. The Bertz CT molecular complexity index is 353. The van der Waals surface area contributed by atoms with Crippen molar-refractivity contribution in [3.63, 3.8) is 0 Å². The fourth-order valence-electron chi connectivity index (χ4n) is 1.28. The molecule has 0 N–H and O–H groups in total. The topological polar surface area (TPSA) is 18.5 Å². The summed E-state index contributed by atoms with van der Waals surface area (Å²) >= 11 is 5.23. The van der Waals surface area contributed by atoms with Crippen LogP contribution in [0.2, 0.25) is 0 Å². The summed E-state index contributed by atoms with van der Waals surface area (Å²) in [5, 5.41) is 0. The third-order valence-electron chi connectivity index (χ3n) is 1.94. The largest absolute Gasteiger partial charge is 0.346 e. The Hall–Kier alpha value is 0.280. The van der Waals surface area contributed by atoms with Crippen molar-refractivity contribution in [3.8, 4) is 0 Å². The second-order valence-electron chi connectivity index (χ2n) is 2.83. The second kappa shape index (κ2) is 4.42. The summed E-state index contributed by atoms with van der Waals surface area (Å²) in [5.41, 5.74) is 0.453. The van der Waals surface area contributed by atoms with Crippen LogP contribution in [0.1, 0.15) is 11.9 Å². The Morgan fingerprint density at radius 1 is 1.36 bits per heavy atom. The highest BCUT2D eigenvalue weighted by Gasteiger charge is 2.25. The van der Waals surface area contributed by atoms with E-state index in [1.54, 1.807) is 12.1 Å². The maximum absolute atomic E-state index is 13.7. The van der Waals surface area contributed by atoms with Crippen molar-refractivity contribution in [2.75, 3.05) is 13.2 Å². The monoisotopic (exact) mass is 372 g/mol. The molecule has 5 heteroatoms. The van der Waals surface area contributed by atoms with Gasteiger partial charge in [-0.25, -0.2) is 4.39 Å². The molecule has 1 fully saturated rings. The number of benzene rings is 1. The van der Waals surface area contributed by atoms with Crippen LogP contribution in [0.5, 0.6) is 0 Å². The van der Waals surface area contributed by atoms with Crippen LogP contribution >= 0.6 is 38.5 Å². The van der Waals surface area contributed by atoms with Gasteiger partial charge in [-0.15, -0.1) is 0 Å². The SMILES string of the molecule is Fc1c(I)ccc(Br)c1C1OCCO1. The molecule has 2 rings (SSSR count). The molecule has 1 aromatic rings. The van der Waals surface area contributed by atoms with Gasteiger partial charge in [0.25, 0.3) is 0 Å². The number of hydrogen-bond acceptors (Lipinski definition) is 2. The highest BCUT2D eigenvalue weighted by molar-refractivity contribution is 14.1. The number of ether oxygens (including phenoxy) is 2. The Balaban J connectivity index is 2.44. The Morgan fingerprint density at radius 2 is 2.00 bits per heavy atom. The minimum atomic E-state index is -0.570. The maximum Gasteiger partial charge on any atom is 0.187 e. The van der Waals surface area contributed by atoms with Crippen molar-refractivity contribution < 1.29 is 13.9 Å². The van der Waals surface area contributed by atoms with E-state index in [0.717, 1.165) is 0 Å². The van der Waals surface area contributed by atoms with E-state index in [0.29, 0.717) is 26.8 Å². The highest BCUT2D eigenvalue weighted by atomic mass is 127. The Labute approximate surface area is 103 Å². The quantitative estimate of drug-likeness (QED) is 0.556. The molecule has 1 aliphatic heterocycles. The van der Waals surface area contributed by atoms with Gasteiger partial charge in [-0.1, -0.05) is 15.9 Å². The molecule has 14 heavy (non-hydrogen) atoms. The van der Waals surface area contributed by atoms with Gasteiger partial charge < -0.3 is 9.47 Å². The molecular formula is C9H7BrFIO2. The average molecular weight is 373 g/mol. The molecule has 76 valence electrons. The summed E-state index contributed by atoms with van der Waals surface area (Å²) < 4.78 is 25.5. The van der Waals surface area contributed by atoms with E-state index < -0.39 is 6.29 Å². The third-order valence-corrected chi connectivity index (χ3v) is 3.46. The van der Waals surface area contributed by atoms with Crippen molar-refractivity contribution in [1.82, 2.24) is 0 Å². The number of halogens is 3. The van der Waals surface area contributed by atoms with Crippen LogP contribution in [0.4, 0.5) is 4.39 Å². The standard InChI is InChI=1S/C9H7BrFIO2/c10-5-1-2-6(12)8(11)7(5)9-13-3-4-14-9/h1-2,9H,3-4H2. The average Bonchev–Trinajstić information content (AvgIpc) is 2.65. The molecule has 1 aliphatic rings. The van der Waals surface area contributed by atoms with E-state index in [2.05, 4.69) is 15.9 Å². The van der Waals surface area contributed by atoms with Crippen molar-refractivity contribution in [2.24, 2.45) is 0 Å². The molecule has 1 saturated heterocycles. The first-order valence-corrected chi connectivity index (χ1v) is 5.94. The van der Waals surface area contributed by atoms with E-state index in [-0.39, 0.29) is 5.82 Å². The summed E-state index contributed by atoms with van der Waals surface area (Å²) in [4.78, 5) is 0. The maximum atomic E-state index is 13.7. The van der Waals surface area contributed by atoms with Crippen LogP contribution in [-0.2, 0) is 9.47 Å². The molecule has 0 amide bonds. The van der Waals surface area contributed by atoms with Crippen LogP contribution < -0.4 is 0 Å². The molecule has 1 aromatic carbocycles. The summed E-state index contributed by atoms with van der Waals surface area (Å²) in [7, 11) is 0. The van der Waals surface area contributed by atoms with Crippen LogP contribution in [0.15, 0.2) is 16.6 Å². The van der Waals surface area contributed by atoms with Gasteiger partial charge in [0, 0.05) is 8.04 Å². The van der Waals surface area contributed by atoms with Crippen LogP contribution in [0, 0.1) is 9.39 Å². The zero-order valence-corrected chi connectivity index (χ0v) is 10.8. The smallest absolute Gasteiger partial charge is 0.187 e. The molecule has 0 saturated carbocycles. The van der Waals surface area contributed by atoms with E-state index in [1.165, 1.54) is 0 Å². The zero-order valence-electron chi connectivity index (χ0n) is 7.10. The molecular weight excluding hydrogens is 366 g/mol. The predicted molar refractivity (Wildman–Crippen MR) is 61.5 cm³/mol. The predicted octanol–water partition coefficient (Wildman–Crippen LogP) is 3.24. The molecule has 0 unspecified atom stereocenters. The van der Waals surface area contributed by atoms with Gasteiger partial charge in [0.1, 0.15) is 5.82 Å². The van der Waals surface area contributed by atoms with Gasteiger partial charge in [0.05, 0.1) is 18.8 Å². The lowest BCUT2D eigenvalue weighted by atomic mass is 10.2. The first-order valence-electron chi connectivity index (χ1n) is 4.07. The molecule has 0 bridgehead atoms. The lowest BCUT2D eigenvalue weighted by molar-refractivity contribution is -0.0471. The molecule has 0 spiro atoms. The second-order valence-corrected chi connectivity index (χ2v) is 4.85. The molecule has 1 heterocycles. The molecule has 0 aliphatic carbocycles. The molecule has 0 atom stereocenters. The fraction of sp³-hybridized carbons (Fsp3) is 0.333. The Morgan fingerprint density at radius 3 is 2.64 bits per heavy atom. The van der Waals surface area contributed by atoms with E-state index in [1.807, 2.05) is 22.6 Å². The van der Waals surface area contributed by atoms with Gasteiger partial charge in [0.2, 0.25) is 0 Å². The van der Waals surface area contributed by atoms with Gasteiger partial charge in [-0.3, -0.25) is 0 Å². The highest BCUT2D eigenvalue weighted by Crippen LogP contribution is 2.33. The zero-order chi connectivity index (χ0) is 10.1. The lowest BCUT2D eigenvalue weighted by Gasteiger charge is -2.13. The van der Waals surface area contributed by atoms with Crippen LogP contribution in [-0.4, -0.2) is 13.2 Å². The summed E-state index contributed by atoms with van der Waals surface area (Å²) in [6, 6.07) is 3.50. The number of hydrogen-bond donors (Lipinski definition) is 0. The molecule has 0 aromatic heterocycles. The fourth-order valence-corrected chi connectivity index (χ4v) is 2.25. The minimum Gasteiger partial charge on any atom is -0.346 e. The van der Waals surface area contributed by atoms with E-state index in [9.17, 15) is 4.39 Å². The first-order chi connectivity index (χ1) is 6.70. The van der Waals surface area contributed by atoms with Crippen molar-refractivity contribution in [1.29, 1.82) is 0 Å². The minimum absolute atomic E-state index is 0.271. The van der Waals surface area contributed by atoms with Crippen molar-refractivity contribution in [3.05, 3.63) is 31.6 Å². The molecule has 0 radical (unpaired) electrons. The third kappa shape index (κ3) is 1.95. The van der Waals surface area contributed by atoms with Gasteiger partial charge in [0.15, 0.2) is 6.29 Å². The van der Waals surface area contributed by atoms with Gasteiger partial charge >= 0.3 is 0 Å².